The molecule has 2 aliphatic rings. The summed E-state index contributed by atoms with van der Waals surface area (Å²) in [4.78, 5) is 0. The van der Waals surface area contributed by atoms with E-state index < -0.39 is 11.6 Å². The second-order valence-corrected chi connectivity index (χ2v) is 6.42. The van der Waals surface area contributed by atoms with Gasteiger partial charge in [-0.15, -0.1) is 0 Å². The number of hydrogen-bond donors (Lipinski definition) is 1. The maximum Gasteiger partial charge on any atom is 0.134 e. The van der Waals surface area contributed by atoms with Crippen molar-refractivity contribution in [1.82, 2.24) is 5.32 Å². The smallest absolute Gasteiger partial charge is 0.134 e. The van der Waals surface area contributed by atoms with Crippen molar-refractivity contribution in [2.45, 2.75) is 38.6 Å². The Morgan fingerprint density at radius 1 is 1.19 bits per heavy atom. The van der Waals surface area contributed by atoms with E-state index in [0.717, 1.165) is 37.6 Å². The fourth-order valence-electron chi connectivity index (χ4n) is 3.81. The van der Waals surface area contributed by atoms with Crippen molar-refractivity contribution >= 4 is 0 Å². The minimum absolute atomic E-state index is 0.190. The highest BCUT2D eigenvalue weighted by atomic mass is 19.1. The number of rotatable bonds is 6. The number of halogens is 2. The highest BCUT2D eigenvalue weighted by Crippen LogP contribution is 2.57. The van der Waals surface area contributed by atoms with Gasteiger partial charge in [-0.1, -0.05) is 6.92 Å². The van der Waals surface area contributed by atoms with Gasteiger partial charge in [-0.25, -0.2) is 8.78 Å². The Morgan fingerprint density at radius 2 is 1.81 bits per heavy atom. The van der Waals surface area contributed by atoms with Gasteiger partial charge >= 0.3 is 0 Å². The third kappa shape index (κ3) is 2.91. The van der Waals surface area contributed by atoms with E-state index in [1.165, 1.54) is 25.7 Å². The van der Waals surface area contributed by atoms with Crippen LogP contribution in [-0.4, -0.2) is 13.7 Å². The highest BCUT2D eigenvalue weighted by Gasteiger charge is 2.48. The summed E-state index contributed by atoms with van der Waals surface area (Å²) in [5.74, 6) is 1.17. The summed E-state index contributed by atoms with van der Waals surface area (Å²) >= 11 is 0. The van der Waals surface area contributed by atoms with E-state index in [1.807, 2.05) is 0 Å². The molecule has 3 atom stereocenters. The Labute approximate surface area is 124 Å². The Bertz CT molecular complexity index is 487. The van der Waals surface area contributed by atoms with E-state index in [-0.39, 0.29) is 17.4 Å². The van der Waals surface area contributed by atoms with E-state index in [9.17, 15) is 8.78 Å². The first-order valence-corrected chi connectivity index (χ1v) is 7.90. The van der Waals surface area contributed by atoms with E-state index in [1.54, 1.807) is 0 Å². The Hall–Kier alpha value is -1.16. The van der Waals surface area contributed by atoms with Crippen LogP contribution >= 0.6 is 0 Å². The number of methoxy groups -OCH3 is 1. The molecule has 2 aliphatic carbocycles. The van der Waals surface area contributed by atoms with Crippen LogP contribution in [0.5, 0.6) is 5.75 Å². The van der Waals surface area contributed by atoms with Crippen molar-refractivity contribution in [2.24, 2.45) is 17.8 Å². The molecule has 3 rings (SSSR count). The molecule has 116 valence electrons. The number of hydrogen-bond acceptors (Lipinski definition) is 2. The minimum Gasteiger partial charge on any atom is -0.497 e. The number of benzene rings is 1. The maximum atomic E-state index is 14.4. The monoisotopic (exact) mass is 295 g/mol. The molecule has 2 fully saturated rings. The first kappa shape index (κ1) is 14.8. The molecule has 0 aliphatic heterocycles. The quantitative estimate of drug-likeness (QED) is 0.854. The summed E-state index contributed by atoms with van der Waals surface area (Å²) in [5, 5.41) is 3.37. The minimum atomic E-state index is -0.499. The molecule has 1 aromatic rings. The Kier molecular flexibility index (Phi) is 4.16. The van der Waals surface area contributed by atoms with Crippen LogP contribution in [0.15, 0.2) is 12.1 Å². The molecule has 0 radical (unpaired) electrons. The normalized spacial score (nSPS) is 28.3. The number of nitrogens with one attached hydrogen (secondary N) is 1. The summed E-state index contributed by atoms with van der Waals surface area (Å²) in [6.07, 6.45) is 4.45. The van der Waals surface area contributed by atoms with Gasteiger partial charge in [0.1, 0.15) is 17.4 Å². The average Bonchev–Trinajstić information content (AvgIpc) is 3.07. The van der Waals surface area contributed by atoms with E-state index in [2.05, 4.69) is 12.2 Å². The molecular formula is C17H23F2NO. The molecule has 2 nitrogen and oxygen atoms in total. The summed E-state index contributed by atoms with van der Waals surface area (Å²) in [7, 11) is 1.42. The van der Waals surface area contributed by atoms with Gasteiger partial charge in [0.05, 0.1) is 7.11 Å². The number of fused-ring (bicyclic) bond motifs is 1. The molecule has 1 N–H and O–H groups in total. The maximum absolute atomic E-state index is 14.4. The zero-order valence-corrected chi connectivity index (χ0v) is 12.7. The van der Waals surface area contributed by atoms with Crippen LogP contribution in [0, 0.1) is 29.4 Å². The third-order valence-electron chi connectivity index (χ3n) is 4.96. The average molecular weight is 295 g/mol. The van der Waals surface area contributed by atoms with E-state index in [0.29, 0.717) is 5.92 Å². The van der Waals surface area contributed by atoms with Crippen LogP contribution in [0.1, 0.15) is 44.2 Å². The first-order valence-electron chi connectivity index (χ1n) is 7.90. The summed E-state index contributed by atoms with van der Waals surface area (Å²) in [5.41, 5.74) is 0.190. The van der Waals surface area contributed by atoms with Gasteiger partial charge < -0.3 is 10.1 Å². The van der Waals surface area contributed by atoms with Crippen LogP contribution in [0.4, 0.5) is 8.78 Å². The summed E-state index contributed by atoms with van der Waals surface area (Å²) in [6, 6.07) is 2.35. The Balaban J connectivity index is 1.88. The van der Waals surface area contributed by atoms with Crippen molar-refractivity contribution < 1.29 is 13.5 Å². The predicted molar refractivity (Wildman–Crippen MR) is 78.3 cm³/mol. The fourth-order valence-corrected chi connectivity index (χ4v) is 3.81. The zero-order valence-electron chi connectivity index (χ0n) is 12.7. The van der Waals surface area contributed by atoms with Crippen molar-refractivity contribution in [3.63, 3.8) is 0 Å². The number of ether oxygens (including phenoxy) is 1. The zero-order chi connectivity index (χ0) is 15.0. The molecule has 0 aromatic heterocycles. The lowest BCUT2D eigenvalue weighted by Crippen LogP contribution is -2.30. The first-order chi connectivity index (χ1) is 10.1. The molecule has 0 spiro atoms. The predicted octanol–water partition coefficient (Wildman–Crippen LogP) is 4.06. The van der Waals surface area contributed by atoms with Crippen molar-refractivity contribution in [3.8, 4) is 5.75 Å². The van der Waals surface area contributed by atoms with Crippen LogP contribution in [0.3, 0.4) is 0 Å². The topological polar surface area (TPSA) is 21.3 Å². The molecule has 1 aromatic carbocycles. The van der Waals surface area contributed by atoms with Crippen molar-refractivity contribution in [1.29, 1.82) is 0 Å². The Morgan fingerprint density at radius 3 is 2.33 bits per heavy atom. The summed E-state index contributed by atoms with van der Waals surface area (Å²) < 4.78 is 33.7. The highest BCUT2D eigenvalue weighted by molar-refractivity contribution is 5.33. The van der Waals surface area contributed by atoms with Crippen LogP contribution in [0.2, 0.25) is 0 Å². The van der Waals surface area contributed by atoms with Gasteiger partial charge in [0, 0.05) is 23.7 Å². The largest absolute Gasteiger partial charge is 0.497 e. The van der Waals surface area contributed by atoms with Gasteiger partial charge in [-0.05, 0) is 50.0 Å². The SMILES string of the molecule is CCCNC(c1c(F)cc(OC)cc1F)C1CC2CC2C1. The van der Waals surface area contributed by atoms with Gasteiger partial charge in [0.2, 0.25) is 0 Å². The molecule has 2 saturated carbocycles. The standard InChI is InChI=1S/C17H23F2NO/c1-3-4-20-17(12-6-10-5-11(10)7-12)16-14(18)8-13(21-2)9-15(16)19/h8-12,17,20H,3-7H2,1-2H3. The molecule has 3 unspecified atom stereocenters. The van der Waals surface area contributed by atoms with E-state index in [4.69, 9.17) is 4.74 Å². The molecular weight excluding hydrogens is 272 g/mol. The molecule has 0 heterocycles. The second-order valence-electron chi connectivity index (χ2n) is 6.42. The van der Waals surface area contributed by atoms with Gasteiger partial charge in [-0.3, -0.25) is 0 Å². The third-order valence-corrected chi connectivity index (χ3v) is 4.96. The van der Waals surface area contributed by atoms with Crippen LogP contribution < -0.4 is 10.1 Å². The van der Waals surface area contributed by atoms with Crippen molar-refractivity contribution in [3.05, 3.63) is 29.3 Å². The molecule has 0 saturated heterocycles. The van der Waals surface area contributed by atoms with Crippen molar-refractivity contribution in [2.75, 3.05) is 13.7 Å². The molecule has 0 bridgehead atoms. The molecule has 21 heavy (non-hydrogen) atoms. The van der Waals surface area contributed by atoms with Gasteiger partial charge in [-0.2, -0.15) is 0 Å². The molecule has 0 amide bonds. The molecule has 4 heteroatoms. The van der Waals surface area contributed by atoms with E-state index >= 15 is 0 Å². The van der Waals surface area contributed by atoms with Gasteiger partial charge in [0.15, 0.2) is 0 Å². The lowest BCUT2D eigenvalue weighted by atomic mass is 9.88. The fraction of sp³-hybridized carbons (Fsp3) is 0.647. The lowest BCUT2D eigenvalue weighted by molar-refractivity contribution is 0.321. The second kappa shape index (κ2) is 5.91. The van der Waals surface area contributed by atoms with Crippen LogP contribution in [0.25, 0.3) is 0 Å². The van der Waals surface area contributed by atoms with Crippen LogP contribution in [-0.2, 0) is 0 Å². The van der Waals surface area contributed by atoms with Gasteiger partial charge in [0.25, 0.3) is 0 Å². The summed E-state index contributed by atoms with van der Waals surface area (Å²) in [6.45, 7) is 2.85. The lowest BCUT2D eigenvalue weighted by Gasteiger charge is -2.27.